The van der Waals surface area contributed by atoms with E-state index < -0.39 is 0 Å². The molecule has 0 radical (unpaired) electrons. The molecule has 0 bridgehead atoms. The summed E-state index contributed by atoms with van der Waals surface area (Å²) in [6, 6.07) is 4.07. The Hall–Kier alpha value is -1.58. The topological polar surface area (TPSA) is 95.6 Å². The van der Waals surface area contributed by atoms with Crippen LogP contribution < -0.4 is 21.3 Å². The van der Waals surface area contributed by atoms with Gasteiger partial charge in [-0.25, -0.2) is 9.98 Å². The third-order valence-electron chi connectivity index (χ3n) is 6.86. The molecule has 0 aromatic carbocycles. The minimum atomic E-state index is -0.186. The average Bonchev–Trinajstić information content (AvgIpc) is 3.25. The zero-order valence-electron chi connectivity index (χ0n) is 19.0. The molecule has 1 aliphatic heterocycles. The lowest BCUT2D eigenvalue weighted by Gasteiger charge is -2.32. The number of guanidine groups is 1. The zero-order chi connectivity index (χ0) is 21.4. The van der Waals surface area contributed by atoms with E-state index in [0.29, 0.717) is 12.0 Å². The van der Waals surface area contributed by atoms with E-state index in [4.69, 9.17) is 10.7 Å². The van der Waals surface area contributed by atoms with Crippen molar-refractivity contribution in [1.29, 1.82) is 0 Å². The van der Waals surface area contributed by atoms with Crippen LogP contribution in [0.4, 0.5) is 5.82 Å². The highest BCUT2D eigenvalue weighted by molar-refractivity contribution is 14.0. The van der Waals surface area contributed by atoms with Crippen LogP contribution in [0.2, 0.25) is 0 Å². The molecule has 2 heterocycles. The Morgan fingerprint density at radius 3 is 2.58 bits per heavy atom. The van der Waals surface area contributed by atoms with E-state index >= 15 is 0 Å². The van der Waals surface area contributed by atoms with Gasteiger partial charge >= 0.3 is 0 Å². The van der Waals surface area contributed by atoms with E-state index in [2.05, 4.69) is 40.4 Å². The Balaban J connectivity index is 0.00000341. The molecule has 7 nitrogen and oxygen atoms in total. The first-order valence-electron chi connectivity index (χ1n) is 11.6. The van der Waals surface area contributed by atoms with Crippen LogP contribution in [0, 0.1) is 11.3 Å². The van der Waals surface area contributed by atoms with Crippen LogP contribution >= 0.6 is 24.0 Å². The number of nitrogens with one attached hydrogen (secondary N) is 2. The first kappa shape index (κ1) is 25.7. The number of piperidine rings is 1. The van der Waals surface area contributed by atoms with E-state index in [9.17, 15) is 4.79 Å². The van der Waals surface area contributed by atoms with Crippen molar-refractivity contribution in [3.8, 4) is 0 Å². The summed E-state index contributed by atoms with van der Waals surface area (Å²) in [5.41, 5.74) is 7.01. The third-order valence-corrected chi connectivity index (χ3v) is 6.86. The molecule has 4 N–H and O–H groups in total. The summed E-state index contributed by atoms with van der Waals surface area (Å²) in [4.78, 5) is 23.2. The Morgan fingerprint density at radius 1 is 1.26 bits per heavy atom. The highest BCUT2D eigenvalue weighted by Gasteiger charge is 2.32. The predicted molar refractivity (Wildman–Crippen MR) is 138 cm³/mol. The standard InChI is InChI=1S/C23H38N6O.HI/c1-3-23(11-5-6-12-23)17-28-22(25-4-2)27-16-19-8-7-13-26-21(19)29-14-9-18(10-15-29)20(24)30;/h7-8,13,18H,3-6,9-12,14-17H2,1-2H3,(H2,24,30)(H2,25,27,28);1H. The van der Waals surface area contributed by atoms with Gasteiger partial charge in [0.15, 0.2) is 5.96 Å². The summed E-state index contributed by atoms with van der Waals surface area (Å²) in [5, 5.41) is 6.98. The van der Waals surface area contributed by atoms with Crippen LogP contribution in [0.5, 0.6) is 0 Å². The molecule has 1 saturated carbocycles. The van der Waals surface area contributed by atoms with Crippen LogP contribution in [-0.2, 0) is 11.3 Å². The van der Waals surface area contributed by atoms with Gasteiger partial charge in [0.05, 0.1) is 6.54 Å². The zero-order valence-corrected chi connectivity index (χ0v) is 21.4. The Kier molecular flexibility index (Phi) is 10.3. The number of halogens is 1. The van der Waals surface area contributed by atoms with Gasteiger partial charge in [0.2, 0.25) is 5.91 Å². The van der Waals surface area contributed by atoms with Gasteiger partial charge in [0, 0.05) is 43.9 Å². The van der Waals surface area contributed by atoms with Gasteiger partial charge in [-0.3, -0.25) is 4.79 Å². The number of nitrogens with two attached hydrogens (primary N) is 1. The highest BCUT2D eigenvalue weighted by atomic mass is 127. The van der Waals surface area contributed by atoms with Gasteiger partial charge < -0.3 is 21.3 Å². The average molecular weight is 543 g/mol. The number of hydrogen-bond acceptors (Lipinski definition) is 4. The highest BCUT2D eigenvalue weighted by Crippen LogP contribution is 2.40. The first-order chi connectivity index (χ1) is 14.6. The fraction of sp³-hybridized carbons (Fsp3) is 0.696. The number of aromatic nitrogens is 1. The number of anilines is 1. The van der Waals surface area contributed by atoms with Crippen LogP contribution in [0.1, 0.15) is 64.4 Å². The number of primary amides is 1. The molecule has 1 aliphatic carbocycles. The van der Waals surface area contributed by atoms with Crippen LogP contribution in [-0.4, -0.2) is 43.0 Å². The van der Waals surface area contributed by atoms with E-state index in [-0.39, 0.29) is 35.8 Å². The molecule has 1 aromatic heterocycles. The van der Waals surface area contributed by atoms with Crippen molar-refractivity contribution in [3.05, 3.63) is 23.9 Å². The number of nitrogens with zero attached hydrogens (tertiary/aromatic N) is 3. The number of hydrogen-bond donors (Lipinski definition) is 3. The van der Waals surface area contributed by atoms with E-state index in [1.165, 1.54) is 32.1 Å². The second-order valence-corrected chi connectivity index (χ2v) is 8.76. The minimum absolute atomic E-state index is 0. The van der Waals surface area contributed by atoms with Crippen LogP contribution in [0.15, 0.2) is 23.3 Å². The number of rotatable bonds is 8. The second kappa shape index (κ2) is 12.5. The Labute approximate surface area is 204 Å². The third kappa shape index (κ3) is 6.95. The molecule has 174 valence electrons. The largest absolute Gasteiger partial charge is 0.369 e. The number of pyridine rings is 1. The van der Waals surface area contributed by atoms with E-state index in [0.717, 1.165) is 56.4 Å². The van der Waals surface area contributed by atoms with Crippen LogP contribution in [0.25, 0.3) is 0 Å². The smallest absolute Gasteiger partial charge is 0.220 e. The number of carbonyl (C=O) groups is 1. The van der Waals surface area contributed by atoms with Gasteiger partial charge in [0.25, 0.3) is 0 Å². The Morgan fingerprint density at radius 2 is 1.97 bits per heavy atom. The van der Waals surface area contributed by atoms with Crippen molar-refractivity contribution < 1.29 is 4.79 Å². The van der Waals surface area contributed by atoms with Gasteiger partial charge in [-0.05, 0) is 50.5 Å². The lowest BCUT2D eigenvalue weighted by molar-refractivity contribution is -0.122. The lowest BCUT2D eigenvalue weighted by atomic mass is 9.83. The fourth-order valence-corrected chi connectivity index (χ4v) is 4.77. The summed E-state index contributed by atoms with van der Waals surface area (Å²) in [7, 11) is 0. The van der Waals surface area contributed by atoms with Crippen molar-refractivity contribution in [2.24, 2.45) is 22.1 Å². The van der Waals surface area contributed by atoms with Crippen LogP contribution in [0.3, 0.4) is 0 Å². The second-order valence-electron chi connectivity index (χ2n) is 8.76. The number of carbonyl (C=O) groups excluding carboxylic acids is 1. The molecular weight excluding hydrogens is 503 g/mol. The number of aliphatic imine (C=N–C) groups is 1. The summed E-state index contributed by atoms with van der Waals surface area (Å²) in [6.45, 7) is 8.41. The Bertz CT molecular complexity index is 727. The van der Waals surface area contributed by atoms with Crippen molar-refractivity contribution in [1.82, 2.24) is 15.6 Å². The molecule has 2 fully saturated rings. The molecule has 8 heteroatoms. The van der Waals surface area contributed by atoms with Gasteiger partial charge in [-0.1, -0.05) is 25.8 Å². The lowest BCUT2D eigenvalue weighted by Crippen LogP contribution is -2.43. The molecule has 1 aromatic rings. The van der Waals surface area contributed by atoms with Gasteiger partial charge in [-0.15, -0.1) is 24.0 Å². The maximum Gasteiger partial charge on any atom is 0.220 e. The normalized spacial score (nSPS) is 19.0. The molecule has 1 amide bonds. The van der Waals surface area contributed by atoms with Crippen molar-refractivity contribution in [2.45, 2.75) is 65.3 Å². The fourth-order valence-electron chi connectivity index (χ4n) is 4.77. The summed E-state index contributed by atoms with van der Waals surface area (Å²) in [5.74, 6) is 1.65. The van der Waals surface area contributed by atoms with Crippen molar-refractivity contribution in [2.75, 3.05) is 31.1 Å². The molecule has 0 spiro atoms. The molecule has 31 heavy (non-hydrogen) atoms. The van der Waals surface area contributed by atoms with Gasteiger partial charge in [-0.2, -0.15) is 0 Å². The first-order valence-corrected chi connectivity index (χ1v) is 11.6. The monoisotopic (exact) mass is 542 g/mol. The maximum atomic E-state index is 11.5. The molecule has 0 unspecified atom stereocenters. The predicted octanol–water partition coefficient (Wildman–Crippen LogP) is 3.43. The summed E-state index contributed by atoms with van der Waals surface area (Å²) >= 11 is 0. The summed E-state index contributed by atoms with van der Waals surface area (Å²) in [6.07, 6.45) is 9.93. The molecule has 2 aliphatic rings. The SMILES string of the molecule is CCNC(=NCc1cccnc1N1CCC(C(N)=O)CC1)NCC1(CC)CCCC1.I. The van der Waals surface area contributed by atoms with Crippen molar-refractivity contribution >= 4 is 41.7 Å². The quantitative estimate of drug-likeness (QED) is 0.266. The molecular formula is C23H39IN6O. The van der Waals surface area contributed by atoms with E-state index in [1.54, 1.807) is 0 Å². The van der Waals surface area contributed by atoms with E-state index in [1.807, 2.05) is 12.3 Å². The molecule has 3 rings (SSSR count). The van der Waals surface area contributed by atoms with Crippen molar-refractivity contribution in [3.63, 3.8) is 0 Å². The summed E-state index contributed by atoms with van der Waals surface area (Å²) < 4.78 is 0. The molecule has 0 atom stereocenters. The molecule has 1 saturated heterocycles. The minimum Gasteiger partial charge on any atom is -0.369 e. The maximum absolute atomic E-state index is 11.5. The van der Waals surface area contributed by atoms with Gasteiger partial charge in [0.1, 0.15) is 5.82 Å². The number of amides is 1.